The quantitative estimate of drug-likeness (QED) is 0.625. The monoisotopic (exact) mass is 418 g/mol. The van der Waals surface area contributed by atoms with Crippen molar-refractivity contribution in [2.45, 2.75) is 32.4 Å². The summed E-state index contributed by atoms with van der Waals surface area (Å²) >= 11 is 0. The summed E-state index contributed by atoms with van der Waals surface area (Å²) in [6, 6.07) is 16.9. The average molecular weight is 418 g/mol. The summed E-state index contributed by atoms with van der Waals surface area (Å²) in [5.74, 6) is 1.10. The molecule has 4 rings (SSSR count). The number of methoxy groups -OCH3 is 2. The first-order valence-corrected chi connectivity index (χ1v) is 10.3. The first-order chi connectivity index (χ1) is 15.0. The van der Waals surface area contributed by atoms with E-state index in [2.05, 4.69) is 4.98 Å². The van der Waals surface area contributed by atoms with Crippen LogP contribution in [0.15, 0.2) is 59.4 Å². The van der Waals surface area contributed by atoms with Gasteiger partial charge in [0.25, 0.3) is 11.5 Å². The Morgan fingerprint density at radius 2 is 1.87 bits per heavy atom. The van der Waals surface area contributed by atoms with Gasteiger partial charge in [-0.05, 0) is 61.7 Å². The number of hydrogen-bond acceptors (Lipinski definition) is 4. The van der Waals surface area contributed by atoms with Gasteiger partial charge in [0.1, 0.15) is 17.1 Å². The first kappa shape index (κ1) is 20.7. The van der Waals surface area contributed by atoms with E-state index in [0.29, 0.717) is 23.7 Å². The zero-order valence-corrected chi connectivity index (χ0v) is 18.0. The second-order valence-electron chi connectivity index (χ2n) is 7.83. The lowest BCUT2D eigenvalue weighted by Crippen LogP contribution is -2.36. The normalized spacial score (nSPS) is 13.0. The van der Waals surface area contributed by atoms with Crippen molar-refractivity contribution in [1.82, 2.24) is 9.88 Å². The lowest BCUT2D eigenvalue weighted by molar-refractivity contribution is 0.0727. The Morgan fingerprint density at radius 3 is 2.52 bits per heavy atom. The molecule has 0 unspecified atom stereocenters. The molecule has 0 spiro atoms. The van der Waals surface area contributed by atoms with Crippen LogP contribution in [0.2, 0.25) is 0 Å². The van der Waals surface area contributed by atoms with Crippen molar-refractivity contribution in [1.29, 1.82) is 0 Å². The van der Waals surface area contributed by atoms with Crippen LogP contribution in [0.4, 0.5) is 0 Å². The largest absolute Gasteiger partial charge is 0.497 e. The van der Waals surface area contributed by atoms with Gasteiger partial charge in [-0.1, -0.05) is 23.8 Å². The maximum absolute atomic E-state index is 13.3. The average Bonchev–Trinajstić information content (AvgIpc) is 3.62. The molecule has 1 fully saturated rings. The predicted molar refractivity (Wildman–Crippen MR) is 120 cm³/mol. The molecule has 31 heavy (non-hydrogen) atoms. The molecule has 0 radical (unpaired) electrons. The second kappa shape index (κ2) is 8.68. The van der Waals surface area contributed by atoms with E-state index in [4.69, 9.17) is 9.47 Å². The first-order valence-electron chi connectivity index (χ1n) is 10.3. The number of aromatic nitrogens is 1. The van der Waals surface area contributed by atoms with Crippen LogP contribution in [0.3, 0.4) is 0 Å². The fraction of sp³-hybridized carbons (Fsp3) is 0.280. The number of nitrogens with zero attached hydrogens (tertiary/aromatic N) is 1. The number of rotatable bonds is 7. The smallest absolute Gasteiger partial charge is 0.261 e. The zero-order valence-electron chi connectivity index (χ0n) is 18.0. The van der Waals surface area contributed by atoms with E-state index < -0.39 is 0 Å². The van der Waals surface area contributed by atoms with Gasteiger partial charge in [-0.2, -0.15) is 0 Å². The second-order valence-corrected chi connectivity index (χ2v) is 7.83. The Bertz CT molecular complexity index is 1160. The summed E-state index contributed by atoms with van der Waals surface area (Å²) in [7, 11) is 3.20. The molecule has 6 heteroatoms. The van der Waals surface area contributed by atoms with Gasteiger partial charge < -0.3 is 19.4 Å². The van der Waals surface area contributed by atoms with Gasteiger partial charge >= 0.3 is 0 Å². The summed E-state index contributed by atoms with van der Waals surface area (Å²) < 4.78 is 10.8. The van der Waals surface area contributed by atoms with Gasteiger partial charge in [0.05, 0.1) is 20.8 Å². The molecular formula is C25H26N2O4. The van der Waals surface area contributed by atoms with Crippen molar-refractivity contribution in [3.8, 4) is 22.8 Å². The Labute approximate surface area is 181 Å². The SMILES string of the molecule is COc1ccc(OC)c(CN(C(=O)c2ccc(-c3cccc(C)c3)[nH]c2=O)C2CC2)c1. The number of aromatic amines is 1. The van der Waals surface area contributed by atoms with Gasteiger partial charge in [-0.15, -0.1) is 0 Å². The van der Waals surface area contributed by atoms with E-state index in [1.807, 2.05) is 49.4 Å². The summed E-state index contributed by atoms with van der Waals surface area (Å²) in [4.78, 5) is 30.8. The topological polar surface area (TPSA) is 71.6 Å². The van der Waals surface area contributed by atoms with Crippen LogP contribution >= 0.6 is 0 Å². The molecule has 1 saturated carbocycles. The highest BCUT2D eigenvalue weighted by Crippen LogP contribution is 2.33. The van der Waals surface area contributed by atoms with Crippen molar-refractivity contribution < 1.29 is 14.3 Å². The number of nitrogens with one attached hydrogen (secondary N) is 1. The van der Waals surface area contributed by atoms with E-state index in [9.17, 15) is 9.59 Å². The van der Waals surface area contributed by atoms with Gasteiger partial charge in [0, 0.05) is 17.3 Å². The van der Waals surface area contributed by atoms with E-state index in [1.165, 1.54) is 0 Å². The molecule has 1 aliphatic carbocycles. The standard InChI is InChI=1S/C25H26N2O4/c1-16-5-4-6-17(13-16)22-11-10-21(24(28)26-22)25(29)27(19-7-8-19)15-18-14-20(30-2)9-12-23(18)31-3/h4-6,9-14,19H,7-8,15H2,1-3H3,(H,26,28). The molecule has 0 saturated heterocycles. The fourth-order valence-electron chi connectivity index (χ4n) is 3.72. The molecule has 1 aliphatic rings. The highest BCUT2D eigenvalue weighted by atomic mass is 16.5. The lowest BCUT2D eigenvalue weighted by atomic mass is 10.1. The van der Waals surface area contributed by atoms with Crippen LogP contribution in [0.5, 0.6) is 11.5 Å². The highest BCUT2D eigenvalue weighted by molar-refractivity contribution is 5.94. The molecule has 1 heterocycles. The van der Waals surface area contributed by atoms with E-state index in [1.54, 1.807) is 31.3 Å². The Kier molecular flexibility index (Phi) is 5.80. The van der Waals surface area contributed by atoms with Crippen molar-refractivity contribution in [3.63, 3.8) is 0 Å². The number of amides is 1. The lowest BCUT2D eigenvalue weighted by Gasteiger charge is -2.23. The van der Waals surface area contributed by atoms with Crippen LogP contribution in [-0.4, -0.2) is 36.1 Å². The maximum atomic E-state index is 13.3. The van der Waals surface area contributed by atoms with Crippen molar-refractivity contribution >= 4 is 5.91 Å². The summed E-state index contributed by atoms with van der Waals surface area (Å²) in [5, 5.41) is 0. The molecule has 0 bridgehead atoms. The molecule has 1 N–H and O–H groups in total. The molecule has 160 valence electrons. The van der Waals surface area contributed by atoms with Gasteiger partial charge in [-0.3, -0.25) is 9.59 Å². The molecule has 3 aromatic rings. The maximum Gasteiger partial charge on any atom is 0.261 e. The van der Waals surface area contributed by atoms with E-state index >= 15 is 0 Å². The van der Waals surface area contributed by atoms with Crippen LogP contribution in [0, 0.1) is 6.92 Å². The molecule has 2 aromatic carbocycles. The van der Waals surface area contributed by atoms with Gasteiger partial charge in [0.15, 0.2) is 0 Å². The molecule has 1 amide bonds. The number of carbonyl (C=O) groups is 1. The molecule has 6 nitrogen and oxygen atoms in total. The fourth-order valence-corrected chi connectivity index (χ4v) is 3.72. The number of carbonyl (C=O) groups excluding carboxylic acids is 1. The molecule has 0 atom stereocenters. The van der Waals surface area contributed by atoms with Crippen LogP contribution < -0.4 is 15.0 Å². The third-order valence-corrected chi connectivity index (χ3v) is 5.55. The summed E-state index contributed by atoms with van der Waals surface area (Å²) in [6.07, 6.45) is 1.86. The van der Waals surface area contributed by atoms with Crippen molar-refractivity contribution in [2.75, 3.05) is 14.2 Å². The summed E-state index contributed by atoms with van der Waals surface area (Å²) in [5.41, 5.74) is 3.31. The van der Waals surface area contributed by atoms with E-state index in [0.717, 1.165) is 29.5 Å². The molecule has 0 aliphatic heterocycles. The van der Waals surface area contributed by atoms with Crippen molar-refractivity contribution in [2.24, 2.45) is 0 Å². The zero-order chi connectivity index (χ0) is 22.0. The molecular weight excluding hydrogens is 392 g/mol. The number of aryl methyl sites for hydroxylation is 1. The van der Waals surface area contributed by atoms with Gasteiger partial charge in [0.2, 0.25) is 0 Å². The highest BCUT2D eigenvalue weighted by Gasteiger charge is 2.34. The number of H-pyrrole nitrogens is 1. The number of pyridine rings is 1. The third-order valence-electron chi connectivity index (χ3n) is 5.55. The molecule has 1 aromatic heterocycles. The number of ether oxygens (including phenoxy) is 2. The Morgan fingerprint density at radius 1 is 1.06 bits per heavy atom. The third kappa shape index (κ3) is 4.48. The van der Waals surface area contributed by atoms with Crippen LogP contribution in [0.25, 0.3) is 11.3 Å². The van der Waals surface area contributed by atoms with Crippen LogP contribution in [0.1, 0.15) is 34.3 Å². The number of hydrogen-bond donors (Lipinski definition) is 1. The minimum atomic E-state index is -0.382. The van der Waals surface area contributed by atoms with Gasteiger partial charge in [-0.25, -0.2) is 0 Å². The summed E-state index contributed by atoms with van der Waals surface area (Å²) in [6.45, 7) is 2.35. The minimum Gasteiger partial charge on any atom is -0.497 e. The van der Waals surface area contributed by atoms with Crippen molar-refractivity contribution in [3.05, 3.63) is 81.6 Å². The number of benzene rings is 2. The minimum absolute atomic E-state index is 0.124. The predicted octanol–water partition coefficient (Wildman–Crippen LogP) is 4.17. The van der Waals surface area contributed by atoms with E-state index in [-0.39, 0.29) is 23.1 Å². The Hall–Kier alpha value is -3.54. The Balaban J connectivity index is 1.63. The van der Waals surface area contributed by atoms with Crippen LogP contribution in [-0.2, 0) is 6.54 Å².